The van der Waals surface area contributed by atoms with Gasteiger partial charge in [-0.25, -0.2) is 4.39 Å². The lowest BCUT2D eigenvalue weighted by molar-refractivity contribution is -0.108. The molecule has 6 nitrogen and oxygen atoms in total. The lowest BCUT2D eigenvalue weighted by Crippen LogP contribution is -2.50. The third kappa shape index (κ3) is 3.91. The standard InChI is InChI=1S/C25H24FN3O3/c26-19-2-3-20-18(14-28-22(20)12-19)15-29-9-6-25(7-10-29)13-23(31)21-11-17(5-8-27-16-30)1-4-24(21)32-25/h1-5,8,11-12,14,16,28H,6-7,9-10,13,15H2,(H,27,30)/b8-5+. The van der Waals surface area contributed by atoms with E-state index in [-0.39, 0.29) is 11.6 Å². The number of carbonyl (C=O) groups excluding carboxylic acids is 2. The molecule has 1 aromatic heterocycles. The fraction of sp³-hybridized carbons (Fsp3) is 0.280. The third-order valence-electron chi connectivity index (χ3n) is 6.44. The number of rotatable bonds is 5. The van der Waals surface area contributed by atoms with Gasteiger partial charge in [0.2, 0.25) is 6.41 Å². The molecule has 1 amide bonds. The molecule has 0 unspecified atom stereocenters. The van der Waals surface area contributed by atoms with E-state index in [2.05, 4.69) is 15.2 Å². The summed E-state index contributed by atoms with van der Waals surface area (Å²) < 4.78 is 19.8. The van der Waals surface area contributed by atoms with Crippen LogP contribution in [0.25, 0.3) is 17.0 Å². The van der Waals surface area contributed by atoms with Crippen molar-refractivity contribution in [3.63, 3.8) is 0 Å². The largest absolute Gasteiger partial charge is 0.486 e. The molecule has 32 heavy (non-hydrogen) atoms. The number of likely N-dealkylation sites (tertiary alicyclic amines) is 1. The van der Waals surface area contributed by atoms with Crippen molar-refractivity contribution < 1.29 is 18.7 Å². The molecule has 0 saturated carbocycles. The number of ether oxygens (including phenoxy) is 1. The first-order valence-electron chi connectivity index (χ1n) is 10.8. The first-order valence-corrected chi connectivity index (χ1v) is 10.8. The highest BCUT2D eigenvalue weighted by molar-refractivity contribution is 6.01. The lowest BCUT2D eigenvalue weighted by atomic mass is 9.82. The highest BCUT2D eigenvalue weighted by Gasteiger charge is 2.42. The Morgan fingerprint density at radius 1 is 1.19 bits per heavy atom. The van der Waals surface area contributed by atoms with Gasteiger partial charge in [-0.15, -0.1) is 0 Å². The van der Waals surface area contributed by atoms with Crippen molar-refractivity contribution in [1.29, 1.82) is 0 Å². The van der Waals surface area contributed by atoms with Gasteiger partial charge in [0.25, 0.3) is 0 Å². The second kappa shape index (κ2) is 8.24. The summed E-state index contributed by atoms with van der Waals surface area (Å²) >= 11 is 0. The topological polar surface area (TPSA) is 74.4 Å². The van der Waals surface area contributed by atoms with Crippen LogP contribution in [0, 0.1) is 5.82 Å². The van der Waals surface area contributed by atoms with Crippen LogP contribution in [0.1, 0.15) is 40.7 Å². The molecular formula is C25H24FN3O3. The SMILES string of the molecule is O=CN/C=C/c1ccc2c(c1)C(=O)CC1(CCN(Cc3c[nH]c4cc(F)ccc34)CC1)O2. The molecule has 5 rings (SSSR count). The Bertz CT molecular complexity index is 1210. The molecule has 7 heteroatoms. The number of aromatic amines is 1. The lowest BCUT2D eigenvalue weighted by Gasteiger charge is -2.44. The number of ketones is 1. The van der Waals surface area contributed by atoms with Gasteiger partial charge in [-0.05, 0) is 47.5 Å². The summed E-state index contributed by atoms with van der Waals surface area (Å²) in [5.41, 5.74) is 2.92. The summed E-state index contributed by atoms with van der Waals surface area (Å²) in [4.78, 5) is 28.8. The molecule has 1 spiro atoms. The van der Waals surface area contributed by atoms with E-state index >= 15 is 0 Å². The van der Waals surface area contributed by atoms with Crippen LogP contribution in [-0.4, -0.2) is 40.8 Å². The highest BCUT2D eigenvalue weighted by atomic mass is 19.1. The molecule has 2 aliphatic rings. The van der Waals surface area contributed by atoms with Crippen molar-refractivity contribution in [3.8, 4) is 5.75 Å². The van der Waals surface area contributed by atoms with Crippen LogP contribution in [0.4, 0.5) is 4.39 Å². The van der Waals surface area contributed by atoms with Gasteiger partial charge in [-0.2, -0.15) is 0 Å². The van der Waals surface area contributed by atoms with Crippen molar-refractivity contribution in [2.24, 2.45) is 0 Å². The number of hydrogen-bond acceptors (Lipinski definition) is 4. The number of carbonyl (C=O) groups is 2. The molecule has 164 valence electrons. The van der Waals surface area contributed by atoms with Crippen LogP contribution < -0.4 is 10.1 Å². The smallest absolute Gasteiger partial charge is 0.211 e. The zero-order chi connectivity index (χ0) is 22.1. The van der Waals surface area contributed by atoms with Gasteiger partial charge in [-0.1, -0.05) is 6.07 Å². The number of Topliss-reactive ketones (excluding diaryl/α,β-unsaturated/α-hetero) is 1. The molecule has 3 aromatic rings. The first-order chi connectivity index (χ1) is 15.5. The van der Waals surface area contributed by atoms with Crippen molar-refractivity contribution in [1.82, 2.24) is 15.2 Å². The van der Waals surface area contributed by atoms with Crippen molar-refractivity contribution in [2.45, 2.75) is 31.4 Å². The average Bonchev–Trinajstić information content (AvgIpc) is 3.18. The zero-order valence-corrected chi connectivity index (χ0v) is 17.6. The van der Waals surface area contributed by atoms with Crippen molar-refractivity contribution in [2.75, 3.05) is 13.1 Å². The van der Waals surface area contributed by atoms with Gasteiger partial charge in [0.15, 0.2) is 5.78 Å². The normalized spacial score (nSPS) is 18.1. The minimum atomic E-state index is -0.458. The van der Waals surface area contributed by atoms with E-state index < -0.39 is 5.60 Å². The van der Waals surface area contributed by atoms with Gasteiger partial charge in [0, 0.05) is 55.8 Å². The van der Waals surface area contributed by atoms with E-state index in [1.54, 1.807) is 6.08 Å². The monoisotopic (exact) mass is 433 g/mol. The average molecular weight is 433 g/mol. The van der Waals surface area contributed by atoms with Crippen molar-refractivity contribution >= 4 is 29.2 Å². The van der Waals surface area contributed by atoms with Gasteiger partial charge in [0.05, 0.1) is 12.0 Å². The van der Waals surface area contributed by atoms with Crippen LogP contribution in [0.2, 0.25) is 0 Å². The number of hydrogen-bond donors (Lipinski definition) is 2. The van der Waals surface area contributed by atoms with Crippen LogP contribution in [0.3, 0.4) is 0 Å². The number of piperidine rings is 1. The van der Waals surface area contributed by atoms with E-state index in [0.717, 1.165) is 54.5 Å². The molecule has 2 aromatic carbocycles. The summed E-state index contributed by atoms with van der Waals surface area (Å²) in [6.07, 6.45) is 7.74. The van der Waals surface area contributed by atoms with E-state index in [1.807, 2.05) is 30.5 Å². The van der Waals surface area contributed by atoms with Crippen LogP contribution >= 0.6 is 0 Å². The number of H-pyrrole nitrogens is 1. The Hall–Kier alpha value is -3.45. The Balaban J connectivity index is 1.26. The summed E-state index contributed by atoms with van der Waals surface area (Å²) in [6, 6.07) is 10.4. The fourth-order valence-corrected chi connectivity index (χ4v) is 4.73. The molecule has 1 fully saturated rings. The Morgan fingerprint density at radius 2 is 2.03 bits per heavy atom. The Morgan fingerprint density at radius 3 is 2.84 bits per heavy atom. The first kappa shape index (κ1) is 20.5. The number of halogens is 1. The predicted molar refractivity (Wildman–Crippen MR) is 120 cm³/mol. The maximum absolute atomic E-state index is 13.4. The number of benzene rings is 2. The minimum Gasteiger partial charge on any atom is -0.486 e. The molecule has 0 radical (unpaired) electrons. The number of fused-ring (bicyclic) bond motifs is 2. The highest BCUT2D eigenvalue weighted by Crippen LogP contribution is 2.40. The maximum atomic E-state index is 13.4. The fourth-order valence-electron chi connectivity index (χ4n) is 4.73. The minimum absolute atomic E-state index is 0.0944. The molecule has 2 N–H and O–H groups in total. The maximum Gasteiger partial charge on any atom is 0.211 e. The van der Waals surface area contributed by atoms with Gasteiger partial charge < -0.3 is 15.0 Å². The quantitative estimate of drug-likeness (QED) is 0.596. The Kier molecular flexibility index (Phi) is 5.27. The molecule has 1 saturated heterocycles. The van der Waals surface area contributed by atoms with Crippen LogP contribution in [0.5, 0.6) is 5.75 Å². The molecule has 0 bridgehead atoms. The zero-order valence-electron chi connectivity index (χ0n) is 17.6. The van der Waals surface area contributed by atoms with E-state index in [4.69, 9.17) is 4.74 Å². The summed E-state index contributed by atoms with van der Waals surface area (Å²) in [6.45, 7) is 2.43. The number of nitrogens with one attached hydrogen (secondary N) is 2. The molecule has 0 aliphatic carbocycles. The van der Waals surface area contributed by atoms with Crippen molar-refractivity contribution in [3.05, 3.63) is 71.3 Å². The molecule has 3 heterocycles. The second-order valence-corrected chi connectivity index (χ2v) is 8.54. The van der Waals surface area contributed by atoms with Crippen LogP contribution in [-0.2, 0) is 11.3 Å². The molecule has 0 atom stereocenters. The van der Waals surface area contributed by atoms with Gasteiger partial charge in [0.1, 0.15) is 17.2 Å². The third-order valence-corrected chi connectivity index (χ3v) is 6.44. The number of aromatic nitrogens is 1. The van der Waals surface area contributed by atoms with E-state index in [9.17, 15) is 14.0 Å². The van der Waals surface area contributed by atoms with E-state index in [0.29, 0.717) is 24.1 Å². The predicted octanol–water partition coefficient (Wildman–Crippen LogP) is 4.02. The summed E-state index contributed by atoms with van der Waals surface area (Å²) in [7, 11) is 0. The Labute approximate surface area is 185 Å². The number of amides is 1. The summed E-state index contributed by atoms with van der Waals surface area (Å²) in [5.74, 6) is 0.483. The van der Waals surface area contributed by atoms with Gasteiger partial charge >= 0.3 is 0 Å². The van der Waals surface area contributed by atoms with Gasteiger partial charge in [-0.3, -0.25) is 14.5 Å². The second-order valence-electron chi connectivity index (χ2n) is 8.54. The van der Waals surface area contributed by atoms with E-state index in [1.165, 1.54) is 18.3 Å². The molecule has 2 aliphatic heterocycles. The molecular weight excluding hydrogens is 409 g/mol. The number of nitrogens with zero attached hydrogens (tertiary/aromatic N) is 1. The van der Waals surface area contributed by atoms with Crippen LogP contribution in [0.15, 0.2) is 48.8 Å². The summed E-state index contributed by atoms with van der Waals surface area (Å²) in [5, 5.41) is 3.51.